The molecule has 0 saturated carbocycles. The second-order valence-corrected chi connectivity index (χ2v) is 11.3. The quantitative estimate of drug-likeness (QED) is 0.157. The van der Waals surface area contributed by atoms with Gasteiger partial charge < -0.3 is 13.9 Å². The highest BCUT2D eigenvalue weighted by molar-refractivity contribution is 9.10. The summed E-state index contributed by atoms with van der Waals surface area (Å²) in [6.45, 7) is 0.271. The van der Waals surface area contributed by atoms with Crippen LogP contribution in [0.1, 0.15) is 11.1 Å². The highest BCUT2D eigenvalue weighted by Crippen LogP contribution is 2.35. The number of ether oxygens (including phenoxy) is 2. The summed E-state index contributed by atoms with van der Waals surface area (Å²) in [7, 11) is 1.56. The van der Waals surface area contributed by atoms with Gasteiger partial charge in [0.05, 0.1) is 24.2 Å². The van der Waals surface area contributed by atoms with Gasteiger partial charge in [-0.15, -0.1) is 0 Å². The molecule has 41 heavy (non-hydrogen) atoms. The Kier molecular flexibility index (Phi) is 7.66. The van der Waals surface area contributed by atoms with Crippen LogP contribution in [0.25, 0.3) is 33.5 Å². The lowest BCUT2D eigenvalue weighted by Gasteiger charge is -2.14. The summed E-state index contributed by atoms with van der Waals surface area (Å²) in [6.07, 6.45) is 1.55. The number of halogens is 3. The van der Waals surface area contributed by atoms with Crippen molar-refractivity contribution in [3.8, 4) is 23.1 Å². The molecule has 7 nitrogen and oxygen atoms in total. The second-order valence-electron chi connectivity index (χ2n) is 9.05. The average Bonchev–Trinajstić information content (AvgIpc) is 3.39. The van der Waals surface area contributed by atoms with Gasteiger partial charge in [0.2, 0.25) is 5.82 Å². The van der Waals surface area contributed by atoms with Crippen molar-refractivity contribution in [3.63, 3.8) is 0 Å². The van der Waals surface area contributed by atoms with E-state index in [1.807, 2.05) is 48.5 Å². The minimum atomic E-state index is -0.339. The van der Waals surface area contributed by atoms with Crippen LogP contribution < -0.4 is 15.0 Å². The normalized spacial score (nSPS) is 11.5. The Morgan fingerprint density at radius 1 is 1.00 bits per heavy atom. The van der Waals surface area contributed by atoms with Crippen molar-refractivity contribution in [2.24, 2.45) is 5.10 Å². The van der Waals surface area contributed by atoms with Gasteiger partial charge in [-0.2, -0.15) is 9.78 Å². The standard InChI is InChI=1S/C31H20Br2ClN3O4/c1-39-27-15-22(33)13-20(29(27)40-17-18-6-9-23(34)10-7-18)16-35-37-30(36-25-5-3-2-4-24(25)31(37)38)28-14-19-12-21(32)8-11-26(19)41-28/h2-16H,17H2,1H3. The Bertz CT molecular complexity index is 2000. The van der Waals surface area contributed by atoms with Gasteiger partial charge in [-0.25, -0.2) is 4.98 Å². The van der Waals surface area contributed by atoms with Gasteiger partial charge in [-0.1, -0.05) is 67.7 Å². The first-order valence-electron chi connectivity index (χ1n) is 12.4. The molecular weight excluding hydrogens is 674 g/mol. The minimum absolute atomic E-state index is 0.267. The Balaban J connectivity index is 1.47. The number of rotatable bonds is 7. The van der Waals surface area contributed by atoms with Gasteiger partial charge in [0, 0.05) is 24.9 Å². The Hall–Kier alpha value is -3.92. The molecule has 0 amide bonds. The maximum Gasteiger partial charge on any atom is 0.282 e. The van der Waals surface area contributed by atoms with Gasteiger partial charge in [0.15, 0.2) is 17.3 Å². The van der Waals surface area contributed by atoms with E-state index in [9.17, 15) is 4.79 Å². The fourth-order valence-electron chi connectivity index (χ4n) is 4.36. The van der Waals surface area contributed by atoms with E-state index < -0.39 is 0 Å². The van der Waals surface area contributed by atoms with Crippen molar-refractivity contribution < 1.29 is 13.9 Å². The van der Waals surface area contributed by atoms with Crippen LogP contribution in [-0.2, 0) is 6.61 Å². The summed E-state index contributed by atoms with van der Waals surface area (Å²) >= 11 is 13.1. The highest BCUT2D eigenvalue weighted by Gasteiger charge is 2.18. The zero-order valence-electron chi connectivity index (χ0n) is 21.5. The second kappa shape index (κ2) is 11.5. The summed E-state index contributed by atoms with van der Waals surface area (Å²) in [5.74, 6) is 1.64. The van der Waals surface area contributed by atoms with Gasteiger partial charge in [-0.3, -0.25) is 4.79 Å². The Labute approximate surface area is 256 Å². The van der Waals surface area contributed by atoms with Gasteiger partial charge in [0.25, 0.3) is 5.56 Å². The van der Waals surface area contributed by atoms with Crippen LogP contribution in [0.2, 0.25) is 5.02 Å². The summed E-state index contributed by atoms with van der Waals surface area (Å²) < 4.78 is 20.8. The first-order chi connectivity index (χ1) is 19.9. The van der Waals surface area contributed by atoms with E-state index >= 15 is 0 Å². The maximum atomic E-state index is 13.7. The van der Waals surface area contributed by atoms with Crippen LogP contribution >= 0.6 is 43.5 Å². The smallest absolute Gasteiger partial charge is 0.282 e. The predicted molar refractivity (Wildman–Crippen MR) is 168 cm³/mol. The number of nitrogens with zero attached hydrogens (tertiary/aromatic N) is 3. The molecule has 4 aromatic carbocycles. The molecule has 0 bridgehead atoms. The molecule has 0 atom stereocenters. The molecule has 0 spiro atoms. The molecule has 2 aromatic heterocycles. The number of fused-ring (bicyclic) bond motifs is 2. The predicted octanol–water partition coefficient (Wildman–Crippen LogP) is 8.46. The molecule has 2 heterocycles. The van der Waals surface area contributed by atoms with E-state index in [1.54, 1.807) is 49.7 Å². The van der Waals surface area contributed by atoms with E-state index in [2.05, 4.69) is 37.0 Å². The van der Waals surface area contributed by atoms with E-state index in [0.717, 1.165) is 19.9 Å². The zero-order chi connectivity index (χ0) is 28.5. The number of furan rings is 1. The van der Waals surface area contributed by atoms with Crippen molar-refractivity contribution in [3.05, 3.63) is 120 Å². The Morgan fingerprint density at radius 3 is 2.61 bits per heavy atom. The van der Waals surface area contributed by atoms with E-state index in [-0.39, 0.29) is 18.0 Å². The number of methoxy groups -OCH3 is 1. The molecule has 10 heteroatoms. The van der Waals surface area contributed by atoms with Crippen LogP contribution in [0.5, 0.6) is 11.5 Å². The highest BCUT2D eigenvalue weighted by atomic mass is 79.9. The summed E-state index contributed by atoms with van der Waals surface area (Å²) in [5.41, 5.74) is 2.38. The lowest BCUT2D eigenvalue weighted by Crippen LogP contribution is -2.20. The third kappa shape index (κ3) is 5.66. The third-order valence-electron chi connectivity index (χ3n) is 6.33. The molecule has 0 aliphatic rings. The van der Waals surface area contributed by atoms with Gasteiger partial charge >= 0.3 is 0 Å². The molecule has 0 fully saturated rings. The monoisotopic (exact) mass is 691 g/mol. The number of aromatic nitrogens is 2. The first kappa shape index (κ1) is 27.3. The zero-order valence-corrected chi connectivity index (χ0v) is 25.4. The minimum Gasteiger partial charge on any atom is -0.493 e. The van der Waals surface area contributed by atoms with E-state index in [0.29, 0.717) is 44.3 Å². The number of para-hydroxylation sites is 1. The summed E-state index contributed by atoms with van der Waals surface area (Å²) in [5, 5.41) is 6.54. The van der Waals surface area contributed by atoms with E-state index in [4.69, 9.17) is 30.5 Å². The van der Waals surface area contributed by atoms with Crippen molar-refractivity contribution in [2.75, 3.05) is 7.11 Å². The fraction of sp³-hybridized carbons (Fsp3) is 0.0645. The molecule has 204 valence electrons. The molecule has 6 aromatic rings. The molecule has 0 saturated heterocycles. The van der Waals surface area contributed by atoms with Crippen molar-refractivity contribution in [1.29, 1.82) is 0 Å². The maximum absolute atomic E-state index is 13.7. The largest absolute Gasteiger partial charge is 0.493 e. The first-order valence-corrected chi connectivity index (χ1v) is 14.4. The number of hydrogen-bond donors (Lipinski definition) is 0. The lowest BCUT2D eigenvalue weighted by molar-refractivity contribution is 0.284. The Morgan fingerprint density at radius 2 is 1.80 bits per heavy atom. The molecule has 0 radical (unpaired) electrons. The van der Waals surface area contributed by atoms with Crippen LogP contribution in [0, 0.1) is 0 Å². The average molecular weight is 694 g/mol. The van der Waals surface area contributed by atoms with Gasteiger partial charge in [-0.05, 0) is 66.2 Å². The molecule has 0 aliphatic carbocycles. The topological polar surface area (TPSA) is 78.9 Å². The third-order valence-corrected chi connectivity index (χ3v) is 7.53. The van der Waals surface area contributed by atoms with Crippen molar-refractivity contribution in [2.45, 2.75) is 6.61 Å². The number of hydrogen-bond acceptors (Lipinski definition) is 6. The summed E-state index contributed by atoms with van der Waals surface area (Å²) in [6, 6.07) is 25.7. The lowest BCUT2D eigenvalue weighted by atomic mass is 10.2. The fourth-order valence-corrected chi connectivity index (χ4v) is 5.32. The molecule has 6 rings (SSSR count). The molecule has 0 unspecified atom stereocenters. The van der Waals surface area contributed by atoms with Crippen LogP contribution in [0.4, 0.5) is 0 Å². The number of benzene rings is 4. The van der Waals surface area contributed by atoms with Crippen molar-refractivity contribution >= 4 is 71.5 Å². The molecular formula is C31H20Br2ClN3O4. The SMILES string of the molecule is COc1cc(Br)cc(C=Nn2c(-c3cc4cc(Br)ccc4o3)nc3ccccc3c2=O)c1OCc1ccc(Cl)cc1. The van der Waals surface area contributed by atoms with E-state index in [1.165, 1.54) is 4.68 Å². The molecule has 0 aliphatic heterocycles. The van der Waals surface area contributed by atoms with Gasteiger partial charge in [0.1, 0.15) is 12.2 Å². The van der Waals surface area contributed by atoms with Crippen LogP contribution in [-0.4, -0.2) is 23.0 Å². The van der Waals surface area contributed by atoms with Crippen LogP contribution in [0.15, 0.2) is 108 Å². The van der Waals surface area contributed by atoms with Crippen LogP contribution in [0.3, 0.4) is 0 Å². The van der Waals surface area contributed by atoms with Crippen molar-refractivity contribution in [1.82, 2.24) is 9.66 Å². The molecule has 0 N–H and O–H groups in total. The summed E-state index contributed by atoms with van der Waals surface area (Å²) in [4.78, 5) is 18.5.